The summed E-state index contributed by atoms with van der Waals surface area (Å²) in [4.78, 5) is 20.2. The number of hydrogen-bond acceptors (Lipinski definition) is 4. The maximum Gasteiger partial charge on any atom is 0.235 e. The summed E-state index contributed by atoms with van der Waals surface area (Å²) < 4.78 is 1.91. The lowest BCUT2D eigenvalue weighted by Gasteiger charge is -1.92. The minimum atomic E-state index is 0. The van der Waals surface area contributed by atoms with Gasteiger partial charge in [0.2, 0.25) is 4.74 Å². The van der Waals surface area contributed by atoms with Crippen molar-refractivity contribution in [2.75, 3.05) is 0 Å². The van der Waals surface area contributed by atoms with Gasteiger partial charge in [0.1, 0.15) is 0 Å². The summed E-state index contributed by atoms with van der Waals surface area (Å²) in [5.74, 6) is 0. The van der Waals surface area contributed by atoms with Crippen LogP contribution in [0.2, 0.25) is 0 Å². The number of fused-ring (bicyclic) bond motifs is 3. The zero-order chi connectivity index (χ0) is 9.54. The molecule has 0 N–H and O–H groups in total. The Morgan fingerprint density at radius 3 is 2.87 bits per heavy atom. The molecule has 0 amide bonds. The summed E-state index contributed by atoms with van der Waals surface area (Å²) >= 11 is 1.20. The molecule has 0 fully saturated rings. The molecule has 0 aromatic carbocycles. The Kier molecular flexibility index (Phi) is 2.42. The highest BCUT2D eigenvalue weighted by Gasteiger charge is 2.08. The van der Waals surface area contributed by atoms with Gasteiger partial charge in [-0.2, -0.15) is 0 Å². The Morgan fingerprint density at radius 1 is 1.20 bits per heavy atom. The number of halogens is 1. The van der Waals surface area contributed by atoms with E-state index in [4.69, 9.17) is 0 Å². The zero-order valence-corrected chi connectivity index (χ0v) is 9.09. The highest BCUT2D eigenvalue weighted by atomic mass is 35.5. The minimum absolute atomic E-state index is 0. The van der Waals surface area contributed by atoms with Crippen LogP contribution in [0, 0.1) is 0 Å². The first-order chi connectivity index (χ1) is 6.84. The third-order valence-corrected chi connectivity index (χ3v) is 2.90. The maximum atomic E-state index is 11.2. The molecule has 2 aliphatic rings. The zero-order valence-electron chi connectivity index (χ0n) is 7.45. The second-order valence-electron chi connectivity index (χ2n) is 2.91. The topological polar surface area (TPSA) is 47.3 Å². The van der Waals surface area contributed by atoms with Gasteiger partial charge in [-0.05, 0) is 0 Å². The van der Waals surface area contributed by atoms with Gasteiger partial charge >= 0.3 is 0 Å². The van der Waals surface area contributed by atoms with E-state index < -0.39 is 0 Å². The van der Waals surface area contributed by atoms with Crippen molar-refractivity contribution in [1.82, 2.24) is 14.4 Å². The van der Waals surface area contributed by atoms with Crippen LogP contribution in [0.3, 0.4) is 0 Å². The van der Waals surface area contributed by atoms with Crippen molar-refractivity contribution >= 4 is 29.3 Å². The third kappa shape index (κ3) is 1.49. The van der Waals surface area contributed by atoms with Crippen LogP contribution in [-0.4, -0.2) is 14.4 Å². The predicted octanol–water partition coefficient (Wildman–Crippen LogP) is 1.68. The largest absolute Gasteiger partial charge is 0.296 e. The molecule has 4 nitrogen and oxygen atoms in total. The Labute approximate surface area is 95.0 Å². The molecular formula is C9H6ClN3OS. The molecular weight excluding hydrogens is 234 g/mol. The van der Waals surface area contributed by atoms with Crippen molar-refractivity contribution in [3.05, 3.63) is 40.5 Å². The van der Waals surface area contributed by atoms with Crippen molar-refractivity contribution in [1.29, 1.82) is 0 Å². The van der Waals surface area contributed by atoms with E-state index in [9.17, 15) is 4.79 Å². The van der Waals surface area contributed by atoms with Crippen LogP contribution in [-0.2, 0) is 0 Å². The number of aromatic nitrogens is 3. The molecule has 1 aromatic heterocycles. The summed E-state index contributed by atoms with van der Waals surface area (Å²) in [6.07, 6.45) is 6.83. The van der Waals surface area contributed by atoms with Crippen molar-refractivity contribution < 1.29 is 0 Å². The number of hydrogen-bond donors (Lipinski definition) is 0. The van der Waals surface area contributed by atoms with Crippen molar-refractivity contribution in [2.24, 2.45) is 0 Å². The van der Waals surface area contributed by atoms with Crippen LogP contribution in [0.25, 0.3) is 16.1 Å². The first kappa shape index (κ1) is 10.1. The van der Waals surface area contributed by atoms with E-state index in [1.807, 2.05) is 4.40 Å². The highest BCUT2D eigenvalue weighted by Crippen LogP contribution is 2.22. The van der Waals surface area contributed by atoms with Crippen LogP contribution >= 0.6 is 23.7 Å². The van der Waals surface area contributed by atoms with Crippen molar-refractivity contribution in [3.63, 3.8) is 0 Å². The smallest absolute Gasteiger partial charge is 0.235 e. The first-order valence-electron chi connectivity index (χ1n) is 4.04. The van der Waals surface area contributed by atoms with Crippen LogP contribution in [0.5, 0.6) is 0 Å². The number of imidazole rings is 1. The molecule has 0 atom stereocenters. The highest BCUT2D eigenvalue weighted by molar-refractivity contribution is 7.13. The van der Waals surface area contributed by atoms with Gasteiger partial charge in [0.25, 0.3) is 0 Å². The van der Waals surface area contributed by atoms with Crippen LogP contribution in [0.15, 0.2) is 35.8 Å². The van der Waals surface area contributed by atoms with Crippen LogP contribution in [0.4, 0.5) is 0 Å². The summed E-state index contributed by atoms with van der Waals surface area (Å²) in [5.41, 5.74) is 1.75. The summed E-state index contributed by atoms with van der Waals surface area (Å²) in [6, 6.07) is 1.61. The lowest BCUT2D eigenvalue weighted by molar-refractivity contribution is 1.18. The predicted molar refractivity (Wildman–Crippen MR) is 61.0 cm³/mol. The van der Waals surface area contributed by atoms with E-state index in [2.05, 4.69) is 9.97 Å². The molecule has 6 heteroatoms. The maximum absolute atomic E-state index is 11.2. The van der Waals surface area contributed by atoms with Gasteiger partial charge in [0, 0.05) is 12.3 Å². The molecule has 1 aromatic rings. The summed E-state index contributed by atoms with van der Waals surface area (Å²) in [7, 11) is 0. The van der Waals surface area contributed by atoms with Gasteiger partial charge in [0.15, 0.2) is 0 Å². The monoisotopic (exact) mass is 239 g/mol. The first-order valence-corrected chi connectivity index (χ1v) is 4.86. The summed E-state index contributed by atoms with van der Waals surface area (Å²) in [6.45, 7) is 0. The van der Waals surface area contributed by atoms with Crippen LogP contribution in [0.1, 0.15) is 0 Å². The lowest BCUT2D eigenvalue weighted by Crippen LogP contribution is -1.85. The Morgan fingerprint density at radius 2 is 2.00 bits per heavy atom. The van der Waals surface area contributed by atoms with Gasteiger partial charge in [-0.25, -0.2) is 4.98 Å². The molecule has 3 rings (SSSR count). The Balaban J connectivity index is 0.000000853. The Hall–Kier alpha value is -1.46. The van der Waals surface area contributed by atoms with Crippen molar-refractivity contribution in [3.8, 4) is 10.6 Å². The minimum Gasteiger partial charge on any atom is -0.296 e. The molecule has 0 aliphatic carbocycles. The Bertz CT molecular complexity index is 633. The molecule has 0 spiro atoms. The molecule has 0 bridgehead atoms. The van der Waals surface area contributed by atoms with Gasteiger partial charge in [-0.3, -0.25) is 14.2 Å². The second-order valence-corrected chi connectivity index (χ2v) is 3.96. The molecule has 0 unspecified atom stereocenters. The SMILES string of the molecule is Cl.O=c1cc2n3cncc3cncc-2s1. The van der Waals surface area contributed by atoms with E-state index in [0.29, 0.717) is 0 Å². The molecule has 0 saturated carbocycles. The molecule has 15 heavy (non-hydrogen) atoms. The fourth-order valence-corrected chi connectivity index (χ4v) is 2.20. The molecule has 0 saturated heterocycles. The standard InChI is InChI=1S/C9H5N3OS.ClH/c13-9-1-7-8(14-9)4-10-2-6-3-11-5-12(6)7;/h1-5H;1H. The fourth-order valence-electron chi connectivity index (χ4n) is 1.44. The lowest BCUT2D eigenvalue weighted by atomic mass is 10.4. The van der Waals surface area contributed by atoms with Gasteiger partial charge in [-0.15, -0.1) is 12.4 Å². The van der Waals surface area contributed by atoms with E-state index in [1.165, 1.54) is 11.3 Å². The number of rotatable bonds is 0. The molecule has 0 radical (unpaired) electrons. The quantitative estimate of drug-likeness (QED) is 0.600. The van der Waals surface area contributed by atoms with E-state index >= 15 is 0 Å². The van der Waals surface area contributed by atoms with Crippen molar-refractivity contribution in [2.45, 2.75) is 0 Å². The van der Waals surface area contributed by atoms with Gasteiger partial charge in [0.05, 0.1) is 34.8 Å². The third-order valence-electron chi connectivity index (χ3n) is 2.04. The summed E-state index contributed by atoms with van der Waals surface area (Å²) in [5, 5.41) is 0. The molecule has 2 aliphatic heterocycles. The molecule has 3 heterocycles. The normalized spacial score (nSPS) is 10.4. The molecule has 76 valence electrons. The fraction of sp³-hybridized carbons (Fsp3) is 0. The van der Waals surface area contributed by atoms with E-state index in [0.717, 1.165) is 16.1 Å². The average Bonchev–Trinajstić information content (AvgIpc) is 2.70. The number of thiophene rings is 1. The van der Waals surface area contributed by atoms with Gasteiger partial charge < -0.3 is 0 Å². The average molecular weight is 240 g/mol. The second kappa shape index (κ2) is 3.60. The van der Waals surface area contributed by atoms with Crippen LogP contribution < -0.4 is 4.74 Å². The van der Waals surface area contributed by atoms with Gasteiger partial charge in [-0.1, -0.05) is 11.3 Å². The van der Waals surface area contributed by atoms with E-state index in [-0.39, 0.29) is 17.1 Å². The van der Waals surface area contributed by atoms with E-state index in [1.54, 1.807) is 31.0 Å². The number of nitrogens with zero attached hydrogens (tertiary/aromatic N) is 3.